The van der Waals surface area contributed by atoms with Crippen molar-refractivity contribution in [3.63, 3.8) is 0 Å². The van der Waals surface area contributed by atoms with E-state index in [1.165, 1.54) is 12.1 Å². The number of halogens is 2. The molecule has 0 aliphatic carbocycles. The number of amides is 1. The van der Waals surface area contributed by atoms with Gasteiger partial charge in [-0.05, 0) is 52.7 Å². The molecule has 0 radical (unpaired) electrons. The number of rotatable bonds is 3. The predicted molar refractivity (Wildman–Crippen MR) is 74.2 cm³/mol. The first-order valence-electron chi connectivity index (χ1n) is 5.75. The third-order valence-electron chi connectivity index (χ3n) is 2.72. The van der Waals surface area contributed by atoms with Gasteiger partial charge in [0, 0.05) is 6.20 Å². The van der Waals surface area contributed by atoms with Gasteiger partial charge in [-0.15, -0.1) is 0 Å². The molecule has 0 saturated heterocycles. The molecule has 1 heterocycles. The van der Waals surface area contributed by atoms with E-state index in [0.717, 1.165) is 5.56 Å². The number of pyridine rings is 1. The molecule has 0 bridgehead atoms. The molecule has 1 amide bonds. The number of aromatic nitrogens is 1. The van der Waals surface area contributed by atoms with E-state index in [9.17, 15) is 9.18 Å². The Morgan fingerprint density at radius 2 is 2.00 bits per heavy atom. The van der Waals surface area contributed by atoms with Crippen LogP contribution in [0.4, 0.5) is 4.39 Å². The Morgan fingerprint density at radius 1 is 1.32 bits per heavy atom. The Labute approximate surface area is 119 Å². The quantitative estimate of drug-likeness (QED) is 0.879. The Morgan fingerprint density at radius 3 is 2.63 bits per heavy atom. The molecule has 1 aromatic heterocycles. The Balaban J connectivity index is 2.11. The number of carbonyl (C=O) groups is 1. The number of nitrogens with zero attached hydrogens (tertiary/aromatic N) is 1. The summed E-state index contributed by atoms with van der Waals surface area (Å²) >= 11 is 3.23. The van der Waals surface area contributed by atoms with Crippen molar-refractivity contribution in [3.8, 4) is 0 Å². The zero-order valence-corrected chi connectivity index (χ0v) is 11.8. The Bertz CT molecular complexity index is 586. The number of hydrogen-bond donors (Lipinski definition) is 1. The maximum atomic E-state index is 12.8. The van der Waals surface area contributed by atoms with E-state index in [-0.39, 0.29) is 17.8 Å². The molecule has 0 saturated carbocycles. The summed E-state index contributed by atoms with van der Waals surface area (Å²) in [5, 5.41) is 2.84. The highest BCUT2D eigenvalue weighted by Crippen LogP contribution is 2.16. The second-order valence-electron chi connectivity index (χ2n) is 4.09. The van der Waals surface area contributed by atoms with Gasteiger partial charge in [-0.25, -0.2) is 9.37 Å². The molecule has 0 spiro atoms. The van der Waals surface area contributed by atoms with Gasteiger partial charge in [0.15, 0.2) is 0 Å². The van der Waals surface area contributed by atoms with Crippen molar-refractivity contribution >= 4 is 21.8 Å². The Kier molecular flexibility index (Phi) is 4.27. The minimum Gasteiger partial charge on any atom is -0.345 e. The van der Waals surface area contributed by atoms with Crippen LogP contribution in [0.1, 0.15) is 28.9 Å². The summed E-state index contributed by atoms with van der Waals surface area (Å²) in [6.45, 7) is 1.84. The lowest BCUT2D eigenvalue weighted by Gasteiger charge is -2.14. The fourth-order valence-electron chi connectivity index (χ4n) is 1.66. The summed E-state index contributed by atoms with van der Waals surface area (Å²) in [4.78, 5) is 16.1. The SMILES string of the molecule is CC(NC(=O)c1cccnc1Br)c1ccc(F)cc1. The van der Waals surface area contributed by atoms with E-state index in [1.54, 1.807) is 30.5 Å². The monoisotopic (exact) mass is 322 g/mol. The summed E-state index contributed by atoms with van der Waals surface area (Å²) < 4.78 is 13.3. The van der Waals surface area contributed by atoms with E-state index in [1.807, 2.05) is 6.92 Å². The van der Waals surface area contributed by atoms with Gasteiger partial charge in [0.25, 0.3) is 5.91 Å². The molecule has 0 aliphatic heterocycles. The first kappa shape index (κ1) is 13.7. The number of nitrogens with one attached hydrogen (secondary N) is 1. The summed E-state index contributed by atoms with van der Waals surface area (Å²) in [5.74, 6) is -0.519. The lowest BCUT2D eigenvalue weighted by atomic mass is 10.1. The summed E-state index contributed by atoms with van der Waals surface area (Å²) in [7, 11) is 0. The maximum absolute atomic E-state index is 12.8. The van der Waals surface area contributed by atoms with Crippen molar-refractivity contribution in [2.24, 2.45) is 0 Å². The van der Waals surface area contributed by atoms with Crippen LogP contribution in [-0.4, -0.2) is 10.9 Å². The van der Waals surface area contributed by atoms with Gasteiger partial charge in [0.05, 0.1) is 11.6 Å². The minimum absolute atomic E-state index is 0.208. The highest BCUT2D eigenvalue weighted by molar-refractivity contribution is 9.10. The number of benzene rings is 1. The lowest BCUT2D eigenvalue weighted by Crippen LogP contribution is -2.27. The van der Waals surface area contributed by atoms with Crippen LogP contribution in [-0.2, 0) is 0 Å². The molecule has 98 valence electrons. The second kappa shape index (κ2) is 5.93. The van der Waals surface area contributed by atoms with Crippen molar-refractivity contribution < 1.29 is 9.18 Å². The molecule has 0 aliphatic rings. The molecule has 1 N–H and O–H groups in total. The molecular weight excluding hydrogens is 311 g/mol. The minimum atomic E-state index is -0.294. The van der Waals surface area contributed by atoms with Crippen LogP contribution in [0.3, 0.4) is 0 Å². The fraction of sp³-hybridized carbons (Fsp3) is 0.143. The van der Waals surface area contributed by atoms with Crippen LogP contribution in [0.2, 0.25) is 0 Å². The van der Waals surface area contributed by atoms with Crippen molar-refractivity contribution in [3.05, 3.63) is 64.1 Å². The van der Waals surface area contributed by atoms with Crippen LogP contribution < -0.4 is 5.32 Å². The fourth-order valence-corrected chi connectivity index (χ4v) is 2.10. The van der Waals surface area contributed by atoms with Gasteiger partial charge in [0.1, 0.15) is 10.4 Å². The van der Waals surface area contributed by atoms with Crippen LogP contribution in [0.25, 0.3) is 0 Å². The van der Waals surface area contributed by atoms with Crippen molar-refractivity contribution in [2.75, 3.05) is 0 Å². The average Bonchev–Trinajstić information content (AvgIpc) is 2.39. The lowest BCUT2D eigenvalue weighted by molar-refractivity contribution is 0.0938. The zero-order chi connectivity index (χ0) is 13.8. The first-order chi connectivity index (χ1) is 9.08. The molecule has 19 heavy (non-hydrogen) atoms. The van der Waals surface area contributed by atoms with Gasteiger partial charge in [0.2, 0.25) is 0 Å². The van der Waals surface area contributed by atoms with Gasteiger partial charge in [-0.3, -0.25) is 4.79 Å². The Hall–Kier alpha value is -1.75. The average molecular weight is 323 g/mol. The van der Waals surface area contributed by atoms with Crippen LogP contribution in [0, 0.1) is 5.82 Å². The molecule has 1 atom stereocenters. The molecule has 1 unspecified atom stereocenters. The number of carbonyl (C=O) groups excluding carboxylic acids is 1. The third kappa shape index (κ3) is 3.38. The van der Waals surface area contributed by atoms with E-state index in [4.69, 9.17) is 0 Å². The van der Waals surface area contributed by atoms with Crippen molar-refractivity contribution in [1.29, 1.82) is 0 Å². The van der Waals surface area contributed by atoms with Crippen LogP contribution in [0.15, 0.2) is 47.2 Å². The highest BCUT2D eigenvalue weighted by Gasteiger charge is 2.14. The summed E-state index contributed by atoms with van der Waals surface area (Å²) in [5.41, 5.74) is 1.31. The molecule has 0 fully saturated rings. The second-order valence-corrected chi connectivity index (χ2v) is 4.84. The van der Waals surface area contributed by atoms with E-state index >= 15 is 0 Å². The molecule has 5 heteroatoms. The largest absolute Gasteiger partial charge is 0.345 e. The van der Waals surface area contributed by atoms with Crippen molar-refractivity contribution in [1.82, 2.24) is 10.3 Å². The van der Waals surface area contributed by atoms with Crippen molar-refractivity contribution in [2.45, 2.75) is 13.0 Å². The van der Waals surface area contributed by atoms with Gasteiger partial charge < -0.3 is 5.32 Å². The topological polar surface area (TPSA) is 42.0 Å². The molecule has 2 rings (SSSR count). The molecular formula is C14H12BrFN2O. The smallest absolute Gasteiger partial charge is 0.254 e. The van der Waals surface area contributed by atoms with Gasteiger partial charge in [-0.1, -0.05) is 12.1 Å². The first-order valence-corrected chi connectivity index (χ1v) is 6.54. The molecule has 3 nitrogen and oxygen atoms in total. The van der Waals surface area contributed by atoms with Crippen LogP contribution >= 0.6 is 15.9 Å². The van der Waals surface area contributed by atoms with Gasteiger partial charge in [-0.2, -0.15) is 0 Å². The zero-order valence-electron chi connectivity index (χ0n) is 10.2. The molecule has 1 aromatic carbocycles. The normalized spacial score (nSPS) is 11.9. The van der Waals surface area contributed by atoms with E-state index in [0.29, 0.717) is 10.2 Å². The number of hydrogen-bond acceptors (Lipinski definition) is 2. The third-order valence-corrected chi connectivity index (χ3v) is 3.35. The summed E-state index contributed by atoms with van der Waals surface area (Å²) in [6, 6.07) is 9.22. The van der Waals surface area contributed by atoms with Gasteiger partial charge >= 0.3 is 0 Å². The molecule has 2 aromatic rings. The maximum Gasteiger partial charge on any atom is 0.254 e. The predicted octanol–water partition coefficient (Wildman–Crippen LogP) is 3.47. The highest BCUT2D eigenvalue weighted by atomic mass is 79.9. The van der Waals surface area contributed by atoms with Crippen LogP contribution in [0.5, 0.6) is 0 Å². The van der Waals surface area contributed by atoms with E-state index < -0.39 is 0 Å². The summed E-state index contributed by atoms with van der Waals surface area (Å²) in [6.07, 6.45) is 1.60. The van der Waals surface area contributed by atoms with E-state index in [2.05, 4.69) is 26.2 Å². The standard InChI is InChI=1S/C14H12BrFN2O/c1-9(10-4-6-11(16)7-5-10)18-14(19)12-3-2-8-17-13(12)15/h2-9H,1H3,(H,18,19).